The molecule has 2 aromatic heterocycles. The monoisotopic (exact) mass is 626 g/mol. The van der Waals surface area contributed by atoms with E-state index in [4.69, 9.17) is 14.5 Å². The van der Waals surface area contributed by atoms with Crippen LogP contribution in [0.2, 0.25) is 0 Å². The Morgan fingerprint density at radius 1 is 1.02 bits per heavy atom. The van der Waals surface area contributed by atoms with E-state index in [2.05, 4.69) is 31.1 Å². The minimum atomic E-state index is -0.340. The number of methoxy groups -OCH3 is 1. The fourth-order valence-corrected chi connectivity index (χ4v) is 6.71. The summed E-state index contributed by atoms with van der Waals surface area (Å²) in [5, 5.41) is 14.1. The van der Waals surface area contributed by atoms with Gasteiger partial charge in [0.1, 0.15) is 23.7 Å². The van der Waals surface area contributed by atoms with Crippen LogP contribution in [0.15, 0.2) is 48.9 Å². The van der Waals surface area contributed by atoms with Crippen LogP contribution >= 0.6 is 0 Å². The zero-order valence-corrected chi connectivity index (χ0v) is 27.7. The maximum Gasteiger partial charge on any atom is 0.409 e. The van der Waals surface area contributed by atoms with E-state index in [9.17, 15) is 14.9 Å². The van der Waals surface area contributed by atoms with Gasteiger partial charge in [0, 0.05) is 50.6 Å². The summed E-state index contributed by atoms with van der Waals surface area (Å²) in [6.45, 7) is 4.79. The van der Waals surface area contributed by atoms with E-state index in [1.165, 1.54) is 10.5 Å². The van der Waals surface area contributed by atoms with E-state index in [-0.39, 0.29) is 30.1 Å². The first kappa shape index (κ1) is 33.0. The standard InChI is InChI=1S/C36H46N6O4/c1-24(2)42-23-31(21-39-42)29-16-17-38-34(19-29)41(35(43)27-10-13-32(14-11-27)46-36(44)40(3)4)22-25-6-8-26(9-7-25)28-12-15-33(45-5)30(18-28)20-37/h12,15-19,21,23-27,32H,6-11,13-14,22H2,1-5H3/t25-,26-,27-,32-. The van der Waals surface area contributed by atoms with Crippen molar-refractivity contribution in [3.8, 4) is 22.9 Å². The van der Waals surface area contributed by atoms with E-state index in [1.54, 1.807) is 27.4 Å². The third-order valence-corrected chi connectivity index (χ3v) is 9.51. The number of pyridine rings is 1. The minimum absolute atomic E-state index is 0.0934. The summed E-state index contributed by atoms with van der Waals surface area (Å²) in [6.07, 6.45) is 11.8. The summed E-state index contributed by atoms with van der Waals surface area (Å²) in [5.74, 6) is 1.92. The molecule has 2 heterocycles. The molecule has 2 amide bonds. The Balaban J connectivity index is 1.32. The van der Waals surface area contributed by atoms with Crippen molar-refractivity contribution < 1.29 is 19.1 Å². The minimum Gasteiger partial charge on any atom is -0.495 e. The number of hydrogen-bond acceptors (Lipinski definition) is 7. The van der Waals surface area contributed by atoms with Gasteiger partial charge in [-0.2, -0.15) is 10.4 Å². The third kappa shape index (κ3) is 7.69. The number of amides is 2. The van der Waals surface area contributed by atoms with Gasteiger partial charge in [-0.25, -0.2) is 9.78 Å². The highest BCUT2D eigenvalue weighted by atomic mass is 16.6. The molecule has 10 heteroatoms. The van der Waals surface area contributed by atoms with E-state index < -0.39 is 0 Å². The fourth-order valence-electron chi connectivity index (χ4n) is 6.71. The van der Waals surface area contributed by atoms with Gasteiger partial charge in [0.15, 0.2) is 0 Å². The molecule has 0 atom stereocenters. The number of carbonyl (C=O) groups is 2. The Hall–Kier alpha value is -4.39. The number of nitriles is 1. The molecule has 0 radical (unpaired) electrons. The maximum absolute atomic E-state index is 14.3. The zero-order chi connectivity index (χ0) is 32.8. The normalized spacial score (nSPS) is 21.3. The first-order valence-electron chi connectivity index (χ1n) is 16.4. The molecule has 2 fully saturated rings. The molecular weight excluding hydrogens is 580 g/mol. The summed E-state index contributed by atoms with van der Waals surface area (Å²) in [7, 11) is 4.94. The molecule has 0 N–H and O–H groups in total. The second-order valence-electron chi connectivity index (χ2n) is 13.2. The SMILES string of the molecule is COc1ccc([C@H]2CC[C@H](CN(c3cc(-c4cnn(C(C)C)c4)ccn3)C(=O)[C@H]3CC[C@H](OC(=O)N(C)C)CC3)CC2)cc1C#N. The third-order valence-electron chi connectivity index (χ3n) is 9.51. The van der Waals surface area contributed by atoms with Crippen molar-refractivity contribution in [2.45, 2.75) is 83.3 Å². The van der Waals surface area contributed by atoms with Crippen molar-refractivity contribution in [3.63, 3.8) is 0 Å². The Labute approximate surface area is 272 Å². The number of rotatable bonds is 9. The van der Waals surface area contributed by atoms with Crippen LogP contribution in [0.5, 0.6) is 5.75 Å². The van der Waals surface area contributed by atoms with E-state index in [0.29, 0.717) is 61.2 Å². The number of hydrogen-bond donors (Lipinski definition) is 0. The second kappa shape index (κ2) is 14.8. The van der Waals surface area contributed by atoms with Crippen LogP contribution in [-0.4, -0.2) is 65.5 Å². The highest BCUT2D eigenvalue weighted by Gasteiger charge is 2.34. The molecule has 0 unspecified atom stereocenters. The number of benzene rings is 1. The average Bonchev–Trinajstić information content (AvgIpc) is 3.58. The molecule has 5 rings (SSSR count). The van der Waals surface area contributed by atoms with E-state index in [1.807, 2.05) is 46.2 Å². The first-order chi connectivity index (χ1) is 22.2. The smallest absolute Gasteiger partial charge is 0.409 e. The molecule has 46 heavy (non-hydrogen) atoms. The molecule has 2 aliphatic rings. The van der Waals surface area contributed by atoms with Crippen LogP contribution in [0.25, 0.3) is 11.1 Å². The van der Waals surface area contributed by atoms with E-state index >= 15 is 0 Å². The summed E-state index contributed by atoms with van der Waals surface area (Å²) < 4.78 is 12.9. The maximum atomic E-state index is 14.3. The highest BCUT2D eigenvalue weighted by Crippen LogP contribution is 2.39. The lowest BCUT2D eigenvalue weighted by Crippen LogP contribution is -2.42. The zero-order valence-electron chi connectivity index (χ0n) is 27.7. The van der Waals surface area contributed by atoms with Gasteiger partial charge in [0.05, 0.1) is 18.9 Å². The quantitative estimate of drug-likeness (QED) is 0.252. The molecule has 10 nitrogen and oxygen atoms in total. The molecular formula is C36H46N6O4. The topological polar surface area (TPSA) is 114 Å². The lowest BCUT2D eigenvalue weighted by atomic mass is 9.78. The Morgan fingerprint density at radius 3 is 2.39 bits per heavy atom. The number of carbonyl (C=O) groups excluding carboxylic acids is 2. The first-order valence-corrected chi connectivity index (χ1v) is 16.4. The average molecular weight is 627 g/mol. The van der Waals surface area contributed by atoms with Crippen LogP contribution < -0.4 is 9.64 Å². The lowest BCUT2D eigenvalue weighted by Gasteiger charge is -2.36. The molecule has 2 saturated carbocycles. The van der Waals surface area contributed by atoms with Gasteiger partial charge < -0.3 is 14.4 Å². The summed E-state index contributed by atoms with van der Waals surface area (Å²) in [5.41, 5.74) is 3.71. The summed E-state index contributed by atoms with van der Waals surface area (Å²) >= 11 is 0. The number of anilines is 1. The van der Waals surface area contributed by atoms with Crippen molar-refractivity contribution in [2.75, 3.05) is 32.6 Å². The molecule has 0 saturated heterocycles. The van der Waals surface area contributed by atoms with Crippen molar-refractivity contribution in [2.24, 2.45) is 11.8 Å². The molecule has 244 valence electrons. The van der Waals surface area contributed by atoms with Crippen LogP contribution in [0.4, 0.5) is 10.6 Å². The van der Waals surface area contributed by atoms with Crippen molar-refractivity contribution in [3.05, 3.63) is 60.0 Å². The van der Waals surface area contributed by atoms with Crippen LogP contribution in [0.1, 0.15) is 88.3 Å². The highest BCUT2D eigenvalue weighted by molar-refractivity contribution is 5.94. The van der Waals surface area contributed by atoms with Crippen LogP contribution in [0.3, 0.4) is 0 Å². The molecule has 3 aromatic rings. The lowest BCUT2D eigenvalue weighted by molar-refractivity contribution is -0.124. The van der Waals surface area contributed by atoms with Gasteiger partial charge in [-0.3, -0.25) is 14.4 Å². The second-order valence-corrected chi connectivity index (χ2v) is 13.2. The number of aromatic nitrogens is 3. The molecule has 1 aromatic carbocycles. The van der Waals surface area contributed by atoms with Crippen LogP contribution in [-0.2, 0) is 9.53 Å². The van der Waals surface area contributed by atoms with Gasteiger partial charge in [-0.15, -0.1) is 0 Å². The Bertz CT molecular complexity index is 1540. The summed E-state index contributed by atoms with van der Waals surface area (Å²) in [4.78, 5) is 34.5. The molecule has 0 bridgehead atoms. The predicted octanol–water partition coefficient (Wildman–Crippen LogP) is 6.97. The Kier molecular flexibility index (Phi) is 10.6. The van der Waals surface area contributed by atoms with Gasteiger partial charge >= 0.3 is 6.09 Å². The van der Waals surface area contributed by atoms with Gasteiger partial charge in [-0.1, -0.05) is 6.07 Å². The van der Waals surface area contributed by atoms with Crippen molar-refractivity contribution >= 4 is 17.8 Å². The largest absolute Gasteiger partial charge is 0.495 e. The fraction of sp³-hybridized carbons (Fsp3) is 0.528. The van der Waals surface area contributed by atoms with Gasteiger partial charge in [-0.05, 0) is 112 Å². The van der Waals surface area contributed by atoms with Gasteiger partial charge in [0.25, 0.3) is 0 Å². The summed E-state index contributed by atoms with van der Waals surface area (Å²) in [6, 6.07) is 12.4. The molecule has 0 aliphatic heterocycles. The molecule has 2 aliphatic carbocycles. The number of nitrogens with zero attached hydrogens (tertiary/aromatic N) is 6. The molecule has 0 spiro atoms. The predicted molar refractivity (Wildman–Crippen MR) is 177 cm³/mol. The van der Waals surface area contributed by atoms with Gasteiger partial charge in [0.2, 0.25) is 5.91 Å². The van der Waals surface area contributed by atoms with Crippen molar-refractivity contribution in [1.29, 1.82) is 5.26 Å². The number of ether oxygens (including phenoxy) is 2. The van der Waals surface area contributed by atoms with E-state index in [0.717, 1.165) is 36.8 Å². The van der Waals surface area contributed by atoms with Crippen LogP contribution in [0, 0.1) is 23.2 Å². The van der Waals surface area contributed by atoms with Crippen molar-refractivity contribution in [1.82, 2.24) is 19.7 Å². The Morgan fingerprint density at radius 2 is 1.76 bits per heavy atom.